The minimum absolute atomic E-state index is 1.13. The SMILES string of the molecule is CNC1=C/C=C\C=C/C=C\1. The van der Waals surface area contributed by atoms with Crippen molar-refractivity contribution in [3.05, 3.63) is 48.2 Å². The van der Waals surface area contributed by atoms with E-state index in [2.05, 4.69) is 5.32 Å². The van der Waals surface area contributed by atoms with Crippen LogP contribution in [-0.2, 0) is 0 Å². The zero-order chi connectivity index (χ0) is 7.23. The van der Waals surface area contributed by atoms with E-state index in [1.54, 1.807) is 0 Å². The lowest BCUT2D eigenvalue weighted by molar-refractivity contribution is 1.03. The van der Waals surface area contributed by atoms with Gasteiger partial charge in [-0.05, 0) is 12.2 Å². The van der Waals surface area contributed by atoms with Gasteiger partial charge in [0, 0.05) is 12.7 Å². The molecule has 1 N–H and O–H groups in total. The number of allylic oxidation sites excluding steroid dienone is 7. The topological polar surface area (TPSA) is 12.0 Å². The first-order chi connectivity index (χ1) is 4.93. The Bertz CT molecular complexity index is 207. The van der Waals surface area contributed by atoms with Crippen molar-refractivity contribution in [1.82, 2.24) is 5.32 Å². The average Bonchev–Trinajstić information content (AvgIpc) is 1.87. The molecular weight excluding hydrogens is 122 g/mol. The van der Waals surface area contributed by atoms with Crippen molar-refractivity contribution < 1.29 is 0 Å². The van der Waals surface area contributed by atoms with Gasteiger partial charge in [-0.1, -0.05) is 30.4 Å². The molecule has 10 heavy (non-hydrogen) atoms. The molecule has 0 fully saturated rings. The standard InChI is InChI=1S/C9H11N/c1-10-9-7-5-3-2-4-6-8-9/h2-8,10H,1H3/b3-2-,4-2?,5-3?,6-4-,7-5-,8-6?,9-7?,9-8+. The molecule has 0 aromatic rings. The maximum atomic E-state index is 3.06. The molecule has 1 aliphatic carbocycles. The summed E-state index contributed by atoms with van der Waals surface area (Å²) in [7, 11) is 1.91. The van der Waals surface area contributed by atoms with Gasteiger partial charge in [-0.25, -0.2) is 0 Å². The molecular formula is C9H11N. The molecule has 1 rings (SSSR count). The molecule has 0 saturated carbocycles. The van der Waals surface area contributed by atoms with Crippen LogP contribution in [0.2, 0.25) is 0 Å². The molecule has 0 aromatic heterocycles. The highest BCUT2D eigenvalue weighted by atomic mass is 14.8. The Balaban J connectivity index is 2.73. The van der Waals surface area contributed by atoms with E-state index in [0.29, 0.717) is 0 Å². The fourth-order valence-corrected chi connectivity index (χ4v) is 0.733. The second kappa shape index (κ2) is 3.72. The van der Waals surface area contributed by atoms with Gasteiger partial charge in [0.2, 0.25) is 0 Å². The molecule has 0 aliphatic heterocycles. The summed E-state index contributed by atoms with van der Waals surface area (Å²) in [6.07, 6.45) is 14.1. The van der Waals surface area contributed by atoms with Crippen LogP contribution in [0.15, 0.2) is 48.2 Å². The molecule has 0 saturated heterocycles. The van der Waals surface area contributed by atoms with Crippen LogP contribution in [0.5, 0.6) is 0 Å². The smallest absolute Gasteiger partial charge is 0.0337 e. The summed E-state index contributed by atoms with van der Waals surface area (Å²) in [5.74, 6) is 0. The summed E-state index contributed by atoms with van der Waals surface area (Å²) in [6, 6.07) is 0. The van der Waals surface area contributed by atoms with Gasteiger partial charge in [-0.3, -0.25) is 0 Å². The number of rotatable bonds is 1. The highest BCUT2D eigenvalue weighted by molar-refractivity contribution is 5.29. The summed E-state index contributed by atoms with van der Waals surface area (Å²) in [4.78, 5) is 0. The molecule has 1 nitrogen and oxygen atoms in total. The maximum absolute atomic E-state index is 3.06. The number of hydrogen-bond donors (Lipinski definition) is 1. The van der Waals surface area contributed by atoms with Crippen LogP contribution in [0.25, 0.3) is 0 Å². The van der Waals surface area contributed by atoms with Crippen LogP contribution in [0.4, 0.5) is 0 Å². The van der Waals surface area contributed by atoms with Crippen LogP contribution in [0.3, 0.4) is 0 Å². The van der Waals surface area contributed by atoms with Crippen LogP contribution in [-0.4, -0.2) is 7.05 Å². The first kappa shape index (κ1) is 6.87. The fourth-order valence-electron chi connectivity index (χ4n) is 0.733. The Labute approximate surface area is 61.4 Å². The van der Waals surface area contributed by atoms with Crippen molar-refractivity contribution in [2.45, 2.75) is 0 Å². The normalized spacial score (nSPS) is 30.7. The summed E-state index contributed by atoms with van der Waals surface area (Å²) in [5.41, 5.74) is 1.13. The van der Waals surface area contributed by atoms with Crippen molar-refractivity contribution in [3.63, 3.8) is 0 Å². The zero-order valence-electron chi connectivity index (χ0n) is 6.04. The van der Waals surface area contributed by atoms with E-state index in [9.17, 15) is 0 Å². The van der Waals surface area contributed by atoms with E-state index < -0.39 is 0 Å². The summed E-state index contributed by atoms with van der Waals surface area (Å²) in [6.45, 7) is 0. The van der Waals surface area contributed by atoms with Gasteiger partial charge < -0.3 is 5.32 Å². The van der Waals surface area contributed by atoms with Gasteiger partial charge >= 0.3 is 0 Å². The van der Waals surface area contributed by atoms with Crippen molar-refractivity contribution in [1.29, 1.82) is 0 Å². The first-order valence-corrected chi connectivity index (χ1v) is 3.33. The van der Waals surface area contributed by atoms with E-state index in [1.807, 2.05) is 49.6 Å². The van der Waals surface area contributed by atoms with Crippen molar-refractivity contribution >= 4 is 0 Å². The molecule has 1 heteroatoms. The zero-order valence-corrected chi connectivity index (χ0v) is 6.04. The lowest BCUT2D eigenvalue weighted by atomic mass is 10.3. The maximum Gasteiger partial charge on any atom is 0.0337 e. The summed E-state index contributed by atoms with van der Waals surface area (Å²) >= 11 is 0. The molecule has 0 unspecified atom stereocenters. The fraction of sp³-hybridized carbons (Fsp3) is 0.111. The predicted molar refractivity (Wildman–Crippen MR) is 44.6 cm³/mol. The van der Waals surface area contributed by atoms with Gasteiger partial charge in [0.25, 0.3) is 0 Å². The highest BCUT2D eigenvalue weighted by Crippen LogP contribution is 1.95. The van der Waals surface area contributed by atoms with E-state index >= 15 is 0 Å². The van der Waals surface area contributed by atoms with Crippen LogP contribution in [0, 0.1) is 0 Å². The first-order valence-electron chi connectivity index (χ1n) is 3.33. The molecule has 0 heterocycles. The molecule has 0 spiro atoms. The number of likely N-dealkylation sites (N-methyl/N-ethyl adjacent to an activating group) is 1. The Hall–Kier alpha value is -1.24. The van der Waals surface area contributed by atoms with Gasteiger partial charge in [-0.15, -0.1) is 0 Å². The molecule has 52 valence electrons. The third kappa shape index (κ3) is 1.94. The van der Waals surface area contributed by atoms with Crippen molar-refractivity contribution in [2.75, 3.05) is 7.05 Å². The second-order valence-electron chi connectivity index (χ2n) is 2.00. The molecule has 0 aromatic carbocycles. The van der Waals surface area contributed by atoms with Crippen molar-refractivity contribution in [3.8, 4) is 0 Å². The predicted octanol–water partition coefficient (Wildman–Crippen LogP) is 1.77. The highest BCUT2D eigenvalue weighted by Gasteiger charge is 1.82. The van der Waals surface area contributed by atoms with E-state index in [-0.39, 0.29) is 0 Å². The minimum Gasteiger partial charge on any atom is -0.388 e. The van der Waals surface area contributed by atoms with Crippen molar-refractivity contribution in [2.24, 2.45) is 0 Å². The molecule has 0 bridgehead atoms. The Morgan fingerprint density at radius 1 is 1.00 bits per heavy atom. The number of hydrogen-bond acceptors (Lipinski definition) is 1. The third-order valence-corrected chi connectivity index (χ3v) is 1.28. The summed E-state index contributed by atoms with van der Waals surface area (Å²) in [5, 5.41) is 3.06. The quantitative estimate of drug-likeness (QED) is 0.575. The Morgan fingerprint density at radius 2 is 1.70 bits per heavy atom. The second-order valence-corrected chi connectivity index (χ2v) is 2.00. The van der Waals surface area contributed by atoms with Gasteiger partial charge in [0.1, 0.15) is 0 Å². The largest absolute Gasteiger partial charge is 0.388 e. The van der Waals surface area contributed by atoms with Crippen LogP contribution in [0.1, 0.15) is 0 Å². The minimum atomic E-state index is 1.13. The molecule has 0 radical (unpaired) electrons. The van der Waals surface area contributed by atoms with Crippen LogP contribution < -0.4 is 5.32 Å². The lowest BCUT2D eigenvalue weighted by Crippen LogP contribution is -2.02. The monoisotopic (exact) mass is 133 g/mol. The summed E-state index contributed by atoms with van der Waals surface area (Å²) < 4.78 is 0. The third-order valence-electron chi connectivity index (χ3n) is 1.28. The van der Waals surface area contributed by atoms with Gasteiger partial charge in [0.05, 0.1) is 0 Å². The molecule has 0 amide bonds. The Morgan fingerprint density at radius 3 is 2.50 bits per heavy atom. The molecule has 1 aliphatic rings. The van der Waals surface area contributed by atoms with E-state index in [0.717, 1.165) is 5.70 Å². The van der Waals surface area contributed by atoms with Gasteiger partial charge in [-0.2, -0.15) is 0 Å². The Kier molecular flexibility index (Phi) is 2.56. The van der Waals surface area contributed by atoms with E-state index in [1.165, 1.54) is 0 Å². The molecule has 0 atom stereocenters. The van der Waals surface area contributed by atoms with Crippen LogP contribution >= 0.6 is 0 Å². The van der Waals surface area contributed by atoms with E-state index in [4.69, 9.17) is 0 Å². The lowest BCUT2D eigenvalue weighted by Gasteiger charge is -1.97. The number of nitrogens with one attached hydrogen (secondary N) is 1. The average molecular weight is 133 g/mol. The van der Waals surface area contributed by atoms with Gasteiger partial charge in [0.15, 0.2) is 0 Å².